The van der Waals surface area contributed by atoms with Crippen LogP contribution >= 0.6 is 0 Å². The molecule has 7 rings (SSSR count). The molecule has 3 aromatic rings. The lowest BCUT2D eigenvalue weighted by Crippen LogP contribution is -2.41. The van der Waals surface area contributed by atoms with Gasteiger partial charge in [0.25, 0.3) is 0 Å². The lowest BCUT2D eigenvalue weighted by molar-refractivity contribution is -0.127. The molecule has 3 aliphatic carbocycles. The Morgan fingerprint density at radius 3 is 2.59 bits per heavy atom. The van der Waals surface area contributed by atoms with Crippen LogP contribution in [0.5, 0.6) is 5.88 Å². The van der Waals surface area contributed by atoms with E-state index < -0.39 is 5.41 Å². The predicted octanol–water partition coefficient (Wildman–Crippen LogP) is 3.71. The van der Waals surface area contributed by atoms with Gasteiger partial charge >= 0.3 is 5.69 Å². The van der Waals surface area contributed by atoms with Gasteiger partial charge in [0.15, 0.2) is 11.2 Å². The fraction of sp³-hybridized carbons (Fsp3) is 0.700. The average molecular weight is 565 g/mol. The quantitative estimate of drug-likeness (QED) is 0.441. The Morgan fingerprint density at radius 1 is 1.05 bits per heavy atom. The zero-order chi connectivity index (χ0) is 28.5. The monoisotopic (exact) mass is 564 g/mol. The summed E-state index contributed by atoms with van der Waals surface area (Å²) in [5, 5.41) is 4.52. The molecule has 4 aliphatic rings. The van der Waals surface area contributed by atoms with Gasteiger partial charge in [-0.25, -0.2) is 9.78 Å². The van der Waals surface area contributed by atoms with E-state index in [2.05, 4.69) is 24.0 Å². The molecule has 0 unspecified atom stereocenters. The van der Waals surface area contributed by atoms with Crippen LogP contribution in [0.3, 0.4) is 0 Å². The first-order valence-electron chi connectivity index (χ1n) is 15.2. The van der Waals surface area contributed by atoms with E-state index >= 15 is 0 Å². The minimum absolute atomic E-state index is 0.0168. The standard InChI is InChI=1S/C30H40N6O5/c1-17(21-10-8-14-34(21)2)40-28-23-27(36(29(38)35(23)3)18-15-19(16-18)39-4)31-26(32-28)24-20-9-7-13-30(25(20)33-41-24)12-6-5-11-22(30)37/h17-19,21H,5-16H2,1-4H3/t17-,18?,19?,21-,30+/m0/s1. The molecule has 1 aliphatic heterocycles. The topological polar surface area (TPSA) is 118 Å². The first-order chi connectivity index (χ1) is 19.8. The smallest absolute Gasteiger partial charge is 0.330 e. The number of hydrogen-bond acceptors (Lipinski definition) is 9. The van der Waals surface area contributed by atoms with Crippen molar-refractivity contribution in [1.82, 2.24) is 29.2 Å². The molecular weight excluding hydrogens is 524 g/mol. The van der Waals surface area contributed by atoms with Gasteiger partial charge in [0.05, 0.1) is 11.5 Å². The maximum absolute atomic E-state index is 13.6. The van der Waals surface area contributed by atoms with E-state index in [0.29, 0.717) is 35.0 Å². The number of likely N-dealkylation sites (N-methyl/N-ethyl adjacent to an activating group) is 1. The maximum atomic E-state index is 13.6. The van der Waals surface area contributed by atoms with E-state index in [1.54, 1.807) is 23.3 Å². The predicted molar refractivity (Wildman–Crippen MR) is 151 cm³/mol. The summed E-state index contributed by atoms with van der Waals surface area (Å²) in [7, 11) is 5.58. The number of imidazole rings is 1. The summed E-state index contributed by atoms with van der Waals surface area (Å²) >= 11 is 0. The van der Waals surface area contributed by atoms with Crippen molar-refractivity contribution in [3.05, 3.63) is 21.7 Å². The second-order valence-electron chi connectivity index (χ2n) is 12.6. The van der Waals surface area contributed by atoms with Gasteiger partial charge in [-0.1, -0.05) is 11.6 Å². The van der Waals surface area contributed by atoms with Gasteiger partial charge in [-0.3, -0.25) is 18.8 Å². The van der Waals surface area contributed by atoms with Crippen LogP contribution in [0.2, 0.25) is 0 Å². The Balaban J connectivity index is 1.37. The highest BCUT2D eigenvalue weighted by Crippen LogP contribution is 2.47. The second kappa shape index (κ2) is 10.0. The van der Waals surface area contributed by atoms with Crippen LogP contribution in [-0.2, 0) is 28.4 Å². The average Bonchev–Trinajstić information content (AvgIpc) is 3.63. The van der Waals surface area contributed by atoms with Gasteiger partial charge in [-0.2, -0.15) is 4.98 Å². The molecule has 1 saturated heterocycles. The van der Waals surface area contributed by atoms with E-state index in [1.807, 2.05) is 0 Å². The van der Waals surface area contributed by atoms with Crippen molar-refractivity contribution in [3.63, 3.8) is 0 Å². The number of hydrogen-bond donors (Lipinski definition) is 0. The number of nitrogens with zero attached hydrogens (tertiary/aromatic N) is 6. The van der Waals surface area contributed by atoms with Gasteiger partial charge in [0.2, 0.25) is 17.5 Å². The molecule has 3 fully saturated rings. The van der Waals surface area contributed by atoms with Crippen molar-refractivity contribution in [2.24, 2.45) is 7.05 Å². The highest BCUT2D eigenvalue weighted by Gasteiger charge is 2.48. The zero-order valence-electron chi connectivity index (χ0n) is 24.5. The highest BCUT2D eigenvalue weighted by molar-refractivity contribution is 5.91. The molecule has 41 heavy (non-hydrogen) atoms. The number of carbonyl (C=O) groups is 1. The fourth-order valence-electron chi connectivity index (χ4n) is 7.85. The minimum Gasteiger partial charge on any atom is -0.471 e. The first-order valence-corrected chi connectivity index (χ1v) is 15.2. The number of rotatable bonds is 6. The number of fused-ring (bicyclic) bond motifs is 3. The molecule has 0 amide bonds. The van der Waals surface area contributed by atoms with Crippen molar-refractivity contribution in [2.75, 3.05) is 20.7 Å². The van der Waals surface area contributed by atoms with Crippen molar-refractivity contribution in [2.45, 2.75) is 107 Å². The summed E-state index contributed by atoms with van der Waals surface area (Å²) in [4.78, 5) is 39.1. The third-order valence-electron chi connectivity index (χ3n) is 10.3. The van der Waals surface area contributed by atoms with Crippen LogP contribution in [0.25, 0.3) is 22.7 Å². The van der Waals surface area contributed by atoms with E-state index in [9.17, 15) is 9.59 Å². The second-order valence-corrected chi connectivity index (χ2v) is 12.6. The Kier molecular flexibility index (Phi) is 6.57. The Morgan fingerprint density at radius 2 is 1.85 bits per heavy atom. The summed E-state index contributed by atoms with van der Waals surface area (Å²) < 4.78 is 21.5. The number of ether oxygens (including phenoxy) is 2. The molecule has 220 valence electrons. The van der Waals surface area contributed by atoms with Crippen LogP contribution < -0.4 is 10.4 Å². The molecule has 0 aromatic carbocycles. The third-order valence-corrected chi connectivity index (χ3v) is 10.3. The first kappa shape index (κ1) is 26.8. The number of likely N-dealkylation sites (tertiary alicyclic amines) is 1. The van der Waals surface area contributed by atoms with Crippen molar-refractivity contribution < 1.29 is 18.8 Å². The molecule has 4 heterocycles. The van der Waals surface area contributed by atoms with Gasteiger partial charge < -0.3 is 14.0 Å². The molecule has 2 saturated carbocycles. The summed E-state index contributed by atoms with van der Waals surface area (Å²) in [5.74, 6) is 1.49. The van der Waals surface area contributed by atoms with Crippen LogP contribution in [-0.4, -0.2) is 73.9 Å². The van der Waals surface area contributed by atoms with E-state index in [4.69, 9.17) is 24.0 Å². The molecular formula is C30H40N6O5. The summed E-state index contributed by atoms with van der Waals surface area (Å²) in [6, 6.07) is 0.240. The van der Waals surface area contributed by atoms with E-state index in [0.717, 1.165) is 82.0 Å². The number of Topliss-reactive ketones (excluding diaryl/α,β-unsaturated/α-hetero) is 1. The summed E-state index contributed by atoms with van der Waals surface area (Å²) in [6.45, 7) is 3.10. The summed E-state index contributed by atoms with van der Waals surface area (Å²) in [5.41, 5.74) is 2.10. The van der Waals surface area contributed by atoms with Crippen molar-refractivity contribution >= 4 is 16.9 Å². The minimum atomic E-state index is -0.561. The Labute approximate surface area is 239 Å². The Bertz CT molecular complexity index is 1550. The molecule has 11 heteroatoms. The molecule has 1 spiro atoms. The van der Waals surface area contributed by atoms with Crippen molar-refractivity contribution in [1.29, 1.82) is 0 Å². The highest BCUT2D eigenvalue weighted by atomic mass is 16.5. The zero-order valence-corrected chi connectivity index (χ0v) is 24.5. The van der Waals surface area contributed by atoms with E-state index in [-0.39, 0.29) is 35.8 Å². The van der Waals surface area contributed by atoms with Crippen LogP contribution in [0, 0.1) is 0 Å². The van der Waals surface area contributed by atoms with Crippen LogP contribution in [0.1, 0.15) is 88.4 Å². The molecule has 0 radical (unpaired) electrons. The SMILES string of the molecule is COC1CC(n2c(=O)n(C)c3c(O[C@@H](C)[C@@H]4CCCN4C)nc(-c4onc5c4CCC[C@@]54CCCCC4=O)nc32)C1. The van der Waals surface area contributed by atoms with Gasteiger partial charge in [0, 0.05) is 38.2 Å². The normalized spacial score (nSPS) is 29.2. The lowest BCUT2D eigenvalue weighted by Gasteiger charge is -2.37. The van der Waals surface area contributed by atoms with E-state index in [1.165, 1.54) is 0 Å². The van der Waals surface area contributed by atoms with Crippen LogP contribution in [0.15, 0.2) is 9.32 Å². The van der Waals surface area contributed by atoms with Gasteiger partial charge in [-0.15, -0.1) is 0 Å². The third kappa shape index (κ3) is 4.10. The fourth-order valence-corrected chi connectivity index (χ4v) is 7.85. The number of carbonyl (C=O) groups excluding carboxylic acids is 1. The summed E-state index contributed by atoms with van der Waals surface area (Å²) in [6.07, 6.45) is 9.47. The number of aromatic nitrogens is 5. The number of aryl methyl sites for hydroxylation is 1. The number of methoxy groups -OCH3 is 1. The molecule has 0 bridgehead atoms. The molecule has 11 nitrogen and oxygen atoms in total. The van der Waals surface area contributed by atoms with Gasteiger partial charge in [0.1, 0.15) is 17.6 Å². The maximum Gasteiger partial charge on any atom is 0.330 e. The largest absolute Gasteiger partial charge is 0.471 e. The van der Waals surface area contributed by atoms with Crippen molar-refractivity contribution in [3.8, 4) is 17.5 Å². The number of ketones is 1. The molecule has 3 atom stereocenters. The van der Waals surface area contributed by atoms with Gasteiger partial charge in [-0.05, 0) is 78.3 Å². The molecule has 0 N–H and O–H groups in total. The Hall–Kier alpha value is -3.05. The van der Waals surface area contributed by atoms with Crippen LogP contribution in [0.4, 0.5) is 0 Å². The molecule has 3 aromatic heterocycles. The lowest BCUT2D eigenvalue weighted by atomic mass is 9.64.